The largest absolute Gasteiger partial charge is 0.465 e. The number of fused-ring (bicyclic) bond motifs is 1. The summed E-state index contributed by atoms with van der Waals surface area (Å²) in [6.45, 7) is -0.230. The standard InChI is InChI=1S/C16H11F3N2O2/c1-23-16(22)10-3-2-4-15-11(10)7-20-21(15)8-12-13(18)5-9(17)6-14(12)19/h2-7H,8H2,1H3. The van der Waals surface area contributed by atoms with E-state index in [0.717, 1.165) is 0 Å². The molecule has 0 saturated carbocycles. The highest BCUT2D eigenvalue weighted by atomic mass is 19.1. The third kappa shape index (κ3) is 2.65. The van der Waals surface area contributed by atoms with Crippen molar-refractivity contribution in [2.24, 2.45) is 0 Å². The molecule has 0 N–H and O–H groups in total. The van der Waals surface area contributed by atoms with Gasteiger partial charge in [-0.2, -0.15) is 5.10 Å². The van der Waals surface area contributed by atoms with Gasteiger partial charge >= 0.3 is 5.97 Å². The molecule has 0 aliphatic heterocycles. The first-order valence-corrected chi connectivity index (χ1v) is 6.67. The van der Waals surface area contributed by atoms with Gasteiger partial charge in [0, 0.05) is 23.1 Å². The summed E-state index contributed by atoms with van der Waals surface area (Å²) in [6.07, 6.45) is 1.42. The summed E-state index contributed by atoms with van der Waals surface area (Å²) < 4.78 is 46.5. The lowest BCUT2D eigenvalue weighted by molar-refractivity contribution is 0.0603. The van der Waals surface area contributed by atoms with E-state index in [1.165, 1.54) is 18.0 Å². The lowest BCUT2D eigenvalue weighted by Gasteiger charge is -2.07. The van der Waals surface area contributed by atoms with Crippen molar-refractivity contribution in [3.8, 4) is 0 Å². The van der Waals surface area contributed by atoms with Gasteiger partial charge in [-0.1, -0.05) is 6.07 Å². The Morgan fingerprint density at radius 3 is 2.57 bits per heavy atom. The molecule has 118 valence electrons. The number of hydrogen-bond acceptors (Lipinski definition) is 3. The van der Waals surface area contributed by atoms with Crippen LogP contribution < -0.4 is 0 Å². The van der Waals surface area contributed by atoms with E-state index in [2.05, 4.69) is 9.84 Å². The van der Waals surface area contributed by atoms with E-state index in [0.29, 0.717) is 28.6 Å². The van der Waals surface area contributed by atoms with Crippen molar-refractivity contribution in [3.05, 3.63) is 65.1 Å². The van der Waals surface area contributed by atoms with Crippen LogP contribution in [0.4, 0.5) is 13.2 Å². The van der Waals surface area contributed by atoms with Crippen LogP contribution in [0, 0.1) is 17.5 Å². The highest BCUT2D eigenvalue weighted by molar-refractivity contribution is 6.03. The Hall–Kier alpha value is -2.83. The van der Waals surface area contributed by atoms with Crippen molar-refractivity contribution in [2.75, 3.05) is 7.11 Å². The van der Waals surface area contributed by atoms with Crippen LogP contribution in [0.1, 0.15) is 15.9 Å². The van der Waals surface area contributed by atoms with Crippen LogP contribution >= 0.6 is 0 Å². The Balaban J connectivity index is 2.07. The van der Waals surface area contributed by atoms with E-state index < -0.39 is 23.4 Å². The molecule has 0 amide bonds. The molecule has 0 radical (unpaired) electrons. The monoisotopic (exact) mass is 320 g/mol. The van der Waals surface area contributed by atoms with Crippen molar-refractivity contribution >= 4 is 16.9 Å². The van der Waals surface area contributed by atoms with Crippen LogP contribution in [0.5, 0.6) is 0 Å². The number of carbonyl (C=O) groups is 1. The summed E-state index contributed by atoms with van der Waals surface area (Å²) in [7, 11) is 1.26. The minimum atomic E-state index is -0.990. The zero-order valence-corrected chi connectivity index (χ0v) is 12.0. The maximum Gasteiger partial charge on any atom is 0.338 e. The maximum absolute atomic E-state index is 13.8. The van der Waals surface area contributed by atoms with E-state index >= 15 is 0 Å². The molecule has 4 nitrogen and oxygen atoms in total. The number of nitrogens with zero attached hydrogens (tertiary/aromatic N) is 2. The number of hydrogen-bond donors (Lipinski definition) is 0. The first-order chi connectivity index (χ1) is 11.0. The molecular formula is C16H11F3N2O2. The van der Waals surface area contributed by atoms with E-state index in [-0.39, 0.29) is 12.1 Å². The number of rotatable bonds is 3. The minimum Gasteiger partial charge on any atom is -0.465 e. The van der Waals surface area contributed by atoms with Gasteiger partial charge in [-0.3, -0.25) is 4.68 Å². The van der Waals surface area contributed by atoms with Gasteiger partial charge in [0.2, 0.25) is 0 Å². The molecule has 0 fully saturated rings. The van der Waals surface area contributed by atoms with Crippen LogP contribution in [-0.2, 0) is 11.3 Å². The molecule has 0 spiro atoms. The Morgan fingerprint density at radius 1 is 1.22 bits per heavy atom. The number of esters is 1. The molecule has 1 heterocycles. The predicted octanol–water partition coefficient (Wildman–Crippen LogP) is 3.29. The first-order valence-electron chi connectivity index (χ1n) is 6.67. The van der Waals surface area contributed by atoms with E-state index in [1.54, 1.807) is 18.2 Å². The van der Waals surface area contributed by atoms with Crippen molar-refractivity contribution in [2.45, 2.75) is 6.54 Å². The SMILES string of the molecule is COC(=O)c1cccc2c1cnn2Cc1c(F)cc(F)cc1F. The number of methoxy groups -OCH3 is 1. The van der Waals surface area contributed by atoms with Gasteiger partial charge in [-0.15, -0.1) is 0 Å². The van der Waals surface area contributed by atoms with Crippen molar-refractivity contribution in [1.29, 1.82) is 0 Å². The smallest absolute Gasteiger partial charge is 0.338 e. The summed E-state index contributed by atoms with van der Waals surface area (Å²) in [5, 5.41) is 4.56. The molecule has 0 bridgehead atoms. The normalized spacial score (nSPS) is 11.0. The van der Waals surface area contributed by atoms with Gasteiger partial charge in [0.15, 0.2) is 0 Å². The highest BCUT2D eigenvalue weighted by Crippen LogP contribution is 2.22. The van der Waals surface area contributed by atoms with Gasteiger partial charge < -0.3 is 4.74 Å². The second-order valence-corrected chi connectivity index (χ2v) is 4.88. The second kappa shape index (κ2) is 5.75. The molecule has 0 aliphatic carbocycles. The molecule has 0 saturated heterocycles. The van der Waals surface area contributed by atoms with E-state index in [4.69, 9.17) is 0 Å². The topological polar surface area (TPSA) is 44.1 Å². The Kier molecular flexibility index (Phi) is 3.77. The van der Waals surface area contributed by atoms with Crippen LogP contribution in [-0.4, -0.2) is 22.9 Å². The Labute approximate surface area is 129 Å². The van der Waals surface area contributed by atoms with Gasteiger partial charge in [0.25, 0.3) is 0 Å². The summed E-state index contributed by atoms with van der Waals surface area (Å²) >= 11 is 0. The lowest BCUT2D eigenvalue weighted by atomic mass is 10.1. The molecule has 7 heteroatoms. The van der Waals surface area contributed by atoms with E-state index in [9.17, 15) is 18.0 Å². The molecule has 1 aromatic heterocycles. The first kappa shape index (κ1) is 15.1. The Bertz CT molecular complexity index is 882. The molecule has 2 aromatic carbocycles. The molecule has 0 atom stereocenters. The average molecular weight is 320 g/mol. The maximum atomic E-state index is 13.8. The number of carbonyl (C=O) groups excluding carboxylic acids is 1. The molecular weight excluding hydrogens is 309 g/mol. The number of aromatic nitrogens is 2. The van der Waals surface area contributed by atoms with Gasteiger partial charge in [-0.05, 0) is 12.1 Å². The average Bonchev–Trinajstić information content (AvgIpc) is 2.93. The number of halogens is 3. The summed E-state index contributed by atoms with van der Waals surface area (Å²) in [6, 6.07) is 6.07. The van der Waals surface area contributed by atoms with Gasteiger partial charge in [-0.25, -0.2) is 18.0 Å². The molecule has 0 unspecified atom stereocenters. The summed E-state index contributed by atoms with van der Waals surface area (Å²) in [5.41, 5.74) is 0.507. The summed E-state index contributed by atoms with van der Waals surface area (Å²) in [5.74, 6) is -3.50. The molecule has 0 aliphatic rings. The lowest BCUT2D eigenvalue weighted by Crippen LogP contribution is -2.07. The van der Waals surface area contributed by atoms with Gasteiger partial charge in [0.1, 0.15) is 17.5 Å². The van der Waals surface area contributed by atoms with Crippen molar-refractivity contribution in [1.82, 2.24) is 9.78 Å². The Morgan fingerprint density at radius 2 is 1.91 bits per heavy atom. The van der Waals surface area contributed by atoms with E-state index in [1.807, 2.05) is 0 Å². The van der Waals surface area contributed by atoms with Crippen LogP contribution in [0.15, 0.2) is 36.5 Å². The molecule has 3 aromatic rings. The number of benzene rings is 2. The molecule has 23 heavy (non-hydrogen) atoms. The predicted molar refractivity (Wildman–Crippen MR) is 76.5 cm³/mol. The summed E-state index contributed by atoms with van der Waals surface area (Å²) in [4.78, 5) is 11.7. The van der Waals surface area contributed by atoms with Crippen molar-refractivity contribution < 1.29 is 22.7 Å². The fourth-order valence-corrected chi connectivity index (χ4v) is 2.39. The third-order valence-electron chi connectivity index (χ3n) is 3.51. The van der Waals surface area contributed by atoms with Crippen LogP contribution in [0.2, 0.25) is 0 Å². The minimum absolute atomic E-state index is 0.230. The third-order valence-corrected chi connectivity index (χ3v) is 3.51. The van der Waals surface area contributed by atoms with Crippen molar-refractivity contribution in [3.63, 3.8) is 0 Å². The van der Waals surface area contributed by atoms with Gasteiger partial charge in [0.05, 0.1) is 30.9 Å². The quantitative estimate of drug-likeness (QED) is 0.696. The van der Waals surface area contributed by atoms with Crippen LogP contribution in [0.3, 0.4) is 0 Å². The van der Waals surface area contributed by atoms with Crippen LogP contribution in [0.25, 0.3) is 10.9 Å². The fraction of sp³-hybridized carbons (Fsp3) is 0.125. The highest BCUT2D eigenvalue weighted by Gasteiger charge is 2.16. The number of ether oxygens (including phenoxy) is 1. The zero-order chi connectivity index (χ0) is 16.6. The fourth-order valence-electron chi connectivity index (χ4n) is 2.39. The second-order valence-electron chi connectivity index (χ2n) is 4.88. The molecule has 3 rings (SSSR count). The zero-order valence-electron chi connectivity index (χ0n) is 12.0.